The fourth-order valence-corrected chi connectivity index (χ4v) is 4.59. The second-order valence-corrected chi connectivity index (χ2v) is 7.99. The van der Waals surface area contributed by atoms with Gasteiger partial charge in [0.1, 0.15) is 0 Å². The van der Waals surface area contributed by atoms with Crippen LogP contribution in [0.1, 0.15) is 90.4 Å². The third kappa shape index (κ3) is 5.33. The van der Waals surface area contributed by atoms with Gasteiger partial charge in [-0.05, 0) is 43.4 Å². The van der Waals surface area contributed by atoms with Crippen LogP contribution in [0.15, 0.2) is 0 Å². The minimum absolute atomic E-state index is 0.682. The van der Waals surface area contributed by atoms with Crippen LogP contribution >= 0.6 is 12.6 Å². The van der Waals surface area contributed by atoms with Gasteiger partial charge in [-0.2, -0.15) is 12.6 Å². The van der Waals surface area contributed by atoms with Gasteiger partial charge in [-0.3, -0.25) is 0 Å². The first-order valence-corrected chi connectivity index (χ1v) is 9.47. The van der Waals surface area contributed by atoms with Crippen molar-refractivity contribution < 1.29 is 0 Å². The van der Waals surface area contributed by atoms with Crippen LogP contribution < -0.4 is 0 Å². The zero-order chi connectivity index (χ0) is 13.5. The third-order valence-corrected chi connectivity index (χ3v) is 6.28. The van der Waals surface area contributed by atoms with E-state index in [1.165, 1.54) is 83.5 Å². The van der Waals surface area contributed by atoms with Crippen LogP contribution in [-0.2, 0) is 0 Å². The Kier molecular flexibility index (Phi) is 7.12. The molecule has 0 nitrogen and oxygen atoms in total. The lowest BCUT2D eigenvalue weighted by Crippen LogP contribution is -2.31. The summed E-state index contributed by atoms with van der Waals surface area (Å²) in [7, 11) is 0. The molecule has 112 valence electrons. The van der Waals surface area contributed by atoms with Gasteiger partial charge in [-0.25, -0.2) is 0 Å². The van der Waals surface area contributed by atoms with Gasteiger partial charge in [0.25, 0.3) is 0 Å². The van der Waals surface area contributed by atoms with E-state index in [1.807, 2.05) is 0 Å². The summed E-state index contributed by atoms with van der Waals surface area (Å²) in [5.74, 6) is 3.14. The summed E-state index contributed by atoms with van der Waals surface area (Å²) in [6.07, 6.45) is 18.9. The largest absolute Gasteiger partial charge is 0.176 e. The Labute approximate surface area is 126 Å². The first-order valence-electron chi connectivity index (χ1n) is 8.95. The van der Waals surface area contributed by atoms with Crippen LogP contribution in [0.5, 0.6) is 0 Å². The standard InChI is InChI=1S/C18H34S/c1-15-9-6-4-2-3-5-7-11-17(19)12-8-10-16-13-14-18(15)16/h15-19H,2-14H2,1H3/t15-,16-,17?,18-/m0/s1. The molecule has 0 N–H and O–H groups in total. The molecule has 1 heteroatoms. The summed E-state index contributed by atoms with van der Waals surface area (Å²) in [6, 6.07) is 0. The average molecular weight is 283 g/mol. The third-order valence-electron chi connectivity index (χ3n) is 5.77. The van der Waals surface area contributed by atoms with Crippen LogP contribution in [0, 0.1) is 17.8 Å². The van der Waals surface area contributed by atoms with E-state index in [9.17, 15) is 0 Å². The van der Waals surface area contributed by atoms with Crippen molar-refractivity contribution in [2.24, 2.45) is 17.8 Å². The molecule has 0 aromatic rings. The number of hydrogen-bond donors (Lipinski definition) is 1. The summed E-state index contributed by atoms with van der Waals surface area (Å²) in [4.78, 5) is 0. The smallest absolute Gasteiger partial charge is 0.00168 e. The summed E-state index contributed by atoms with van der Waals surface area (Å²) < 4.78 is 0. The second kappa shape index (κ2) is 8.60. The van der Waals surface area contributed by atoms with E-state index in [0.29, 0.717) is 5.25 Å². The van der Waals surface area contributed by atoms with Crippen LogP contribution in [0.4, 0.5) is 0 Å². The van der Waals surface area contributed by atoms with Gasteiger partial charge in [-0.15, -0.1) is 0 Å². The Morgan fingerprint density at radius 2 is 1.26 bits per heavy atom. The van der Waals surface area contributed by atoms with E-state index in [1.54, 1.807) is 0 Å². The lowest BCUT2D eigenvalue weighted by Gasteiger charge is -2.41. The summed E-state index contributed by atoms with van der Waals surface area (Å²) in [6.45, 7) is 2.52. The molecule has 2 aliphatic rings. The Morgan fingerprint density at radius 3 is 1.95 bits per heavy atom. The van der Waals surface area contributed by atoms with Crippen molar-refractivity contribution in [2.75, 3.05) is 0 Å². The van der Waals surface area contributed by atoms with E-state index >= 15 is 0 Å². The Bertz CT molecular complexity index is 238. The molecule has 19 heavy (non-hydrogen) atoms. The van der Waals surface area contributed by atoms with Crippen molar-refractivity contribution in [2.45, 2.75) is 95.6 Å². The minimum Gasteiger partial charge on any atom is -0.176 e. The van der Waals surface area contributed by atoms with Crippen LogP contribution in [0.3, 0.4) is 0 Å². The molecule has 0 aromatic carbocycles. The molecule has 2 rings (SSSR count). The summed E-state index contributed by atoms with van der Waals surface area (Å²) in [5, 5.41) is 0.682. The number of thiol groups is 1. The Hall–Kier alpha value is 0.350. The molecular weight excluding hydrogens is 248 g/mol. The van der Waals surface area contributed by atoms with E-state index in [0.717, 1.165) is 17.8 Å². The summed E-state index contributed by atoms with van der Waals surface area (Å²) >= 11 is 4.78. The predicted octanol–water partition coefficient (Wildman–Crippen LogP) is 6.25. The molecule has 0 aliphatic heterocycles. The van der Waals surface area contributed by atoms with Crippen molar-refractivity contribution in [3.63, 3.8) is 0 Å². The van der Waals surface area contributed by atoms with Crippen LogP contribution in [-0.4, -0.2) is 5.25 Å². The lowest BCUT2D eigenvalue weighted by atomic mass is 9.64. The molecule has 0 saturated heterocycles. The minimum atomic E-state index is 0.682. The topological polar surface area (TPSA) is 0 Å². The van der Waals surface area contributed by atoms with E-state index in [-0.39, 0.29) is 0 Å². The van der Waals surface area contributed by atoms with Crippen molar-refractivity contribution in [3.05, 3.63) is 0 Å². The molecule has 0 radical (unpaired) electrons. The van der Waals surface area contributed by atoms with Gasteiger partial charge in [0.2, 0.25) is 0 Å². The molecule has 0 amide bonds. The predicted molar refractivity (Wildman–Crippen MR) is 88.9 cm³/mol. The van der Waals surface area contributed by atoms with E-state index < -0.39 is 0 Å². The highest BCUT2D eigenvalue weighted by molar-refractivity contribution is 7.80. The van der Waals surface area contributed by atoms with E-state index in [2.05, 4.69) is 6.92 Å². The molecule has 2 aliphatic carbocycles. The molecular formula is C18H34S. The van der Waals surface area contributed by atoms with Gasteiger partial charge in [0, 0.05) is 5.25 Å². The molecule has 2 saturated carbocycles. The Morgan fingerprint density at radius 1 is 0.632 bits per heavy atom. The van der Waals surface area contributed by atoms with Crippen molar-refractivity contribution in [3.8, 4) is 0 Å². The maximum absolute atomic E-state index is 4.78. The second-order valence-electron chi connectivity index (χ2n) is 7.26. The maximum atomic E-state index is 4.78. The lowest BCUT2D eigenvalue weighted by molar-refractivity contribution is 0.0955. The highest BCUT2D eigenvalue weighted by Crippen LogP contribution is 2.44. The average Bonchev–Trinajstić information content (AvgIpc) is 2.35. The van der Waals surface area contributed by atoms with E-state index in [4.69, 9.17) is 12.6 Å². The van der Waals surface area contributed by atoms with Crippen molar-refractivity contribution >= 4 is 12.6 Å². The Balaban J connectivity index is 1.77. The number of fused-ring (bicyclic) bond motifs is 1. The van der Waals surface area contributed by atoms with Gasteiger partial charge >= 0.3 is 0 Å². The summed E-state index contributed by atoms with van der Waals surface area (Å²) in [5.41, 5.74) is 0. The van der Waals surface area contributed by atoms with Crippen molar-refractivity contribution in [1.29, 1.82) is 0 Å². The monoisotopic (exact) mass is 282 g/mol. The highest BCUT2D eigenvalue weighted by atomic mass is 32.1. The van der Waals surface area contributed by atoms with Gasteiger partial charge in [0.15, 0.2) is 0 Å². The maximum Gasteiger partial charge on any atom is 0.00168 e. The SMILES string of the molecule is C[C@H]1CCCCCCCCC(S)CCC[C@H]2CC[C@H]21. The number of hydrogen-bond acceptors (Lipinski definition) is 1. The van der Waals surface area contributed by atoms with Crippen LogP contribution in [0.25, 0.3) is 0 Å². The first-order chi connectivity index (χ1) is 9.27. The molecule has 0 heterocycles. The normalized spacial score (nSPS) is 39.5. The van der Waals surface area contributed by atoms with Gasteiger partial charge < -0.3 is 0 Å². The van der Waals surface area contributed by atoms with Crippen LogP contribution in [0.2, 0.25) is 0 Å². The van der Waals surface area contributed by atoms with Crippen molar-refractivity contribution in [1.82, 2.24) is 0 Å². The molecule has 1 unspecified atom stereocenters. The first kappa shape index (κ1) is 15.7. The molecule has 4 atom stereocenters. The van der Waals surface area contributed by atoms with Gasteiger partial charge in [0.05, 0.1) is 0 Å². The zero-order valence-corrected chi connectivity index (χ0v) is 13.8. The molecule has 0 bridgehead atoms. The fourth-order valence-electron chi connectivity index (χ4n) is 4.23. The quantitative estimate of drug-likeness (QED) is 0.499. The molecule has 2 fully saturated rings. The molecule has 0 spiro atoms. The fraction of sp³-hybridized carbons (Fsp3) is 1.00. The number of rotatable bonds is 0. The van der Waals surface area contributed by atoms with Gasteiger partial charge in [-0.1, -0.05) is 64.7 Å². The zero-order valence-electron chi connectivity index (χ0n) is 12.9. The molecule has 0 aromatic heterocycles. The highest BCUT2D eigenvalue weighted by Gasteiger charge is 2.33.